The van der Waals surface area contributed by atoms with Gasteiger partial charge in [-0.2, -0.15) is 0 Å². The highest BCUT2D eigenvalue weighted by Crippen LogP contribution is 2.33. The molecular weight excluding hydrogens is 328 g/mol. The highest BCUT2D eigenvalue weighted by Gasteiger charge is 2.11. The maximum atomic E-state index is 6.05. The molecule has 24 heavy (non-hydrogen) atoms. The molecule has 2 heterocycles. The number of nitrogens with zero attached hydrogens (tertiary/aromatic N) is 5. The summed E-state index contributed by atoms with van der Waals surface area (Å²) >= 11 is 6.05. The Balaban J connectivity index is 1.96. The van der Waals surface area contributed by atoms with Crippen molar-refractivity contribution in [1.82, 2.24) is 15.0 Å². The van der Waals surface area contributed by atoms with Crippen LogP contribution >= 0.6 is 11.6 Å². The summed E-state index contributed by atoms with van der Waals surface area (Å²) in [6.45, 7) is 0. The van der Waals surface area contributed by atoms with Gasteiger partial charge in [0.1, 0.15) is 5.69 Å². The first-order valence-electron chi connectivity index (χ1n) is 6.85. The lowest BCUT2D eigenvalue weighted by Crippen LogP contribution is -2.01. The summed E-state index contributed by atoms with van der Waals surface area (Å²) in [5, 5.41) is 8.40. The molecule has 0 bridgehead atoms. The molecule has 6 N–H and O–H groups in total. The molecule has 0 atom stereocenters. The van der Waals surface area contributed by atoms with E-state index in [4.69, 9.17) is 28.8 Å². The standard InChI is InChI=1S/C15H13ClN8/c16-10-6-9(17)3-4-11(10)23-24-12-13(18)21-15(22-14(12)19)8-2-1-5-20-7-8/h1-7H,17H2,(H4,18,19,21,22). The first kappa shape index (κ1) is 15.6. The lowest BCUT2D eigenvalue weighted by molar-refractivity contribution is 1.14. The number of benzene rings is 1. The van der Waals surface area contributed by atoms with Gasteiger partial charge in [-0.1, -0.05) is 11.6 Å². The summed E-state index contributed by atoms with van der Waals surface area (Å²) in [6.07, 6.45) is 3.26. The predicted octanol–water partition coefficient (Wildman–Crippen LogP) is 3.35. The van der Waals surface area contributed by atoms with Crippen LogP contribution in [0.3, 0.4) is 0 Å². The zero-order valence-electron chi connectivity index (χ0n) is 12.4. The molecule has 0 aliphatic heterocycles. The minimum Gasteiger partial charge on any atom is -0.399 e. The van der Waals surface area contributed by atoms with E-state index in [-0.39, 0.29) is 17.3 Å². The van der Waals surface area contributed by atoms with E-state index >= 15 is 0 Å². The summed E-state index contributed by atoms with van der Waals surface area (Å²) in [5.74, 6) is 0.580. The predicted molar refractivity (Wildman–Crippen MR) is 94.1 cm³/mol. The second-order valence-electron chi connectivity index (χ2n) is 4.82. The van der Waals surface area contributed by atoms with Gasteiger partial charge in [-0.05, 0) is 30.3 Å². The van der Waals surface area contributed by atoms with Crippen LogP contribution in [0.5, 0.6) is 0 Å². The Bertz CT molecular complexity index is 888. The minimum atomic E-state index is 0.108. The summed E-state index contributed by atoms with van der Waals surface area (Å²) in [5.41, 5.74) is 19.3. The van der Waals surface area contributed by atoms with Crippen molar-refractivity contribution in [3.8, 4) is 11.4 Å². The number of aromatic nitrogens is 3. The third-order valence-corrected chi connectivity index (χ3v) is 3.39. The number of pyridine rings is 1. The number of halogens is 1. The van der Waals surface area contributed by atoms with Crippen molar-refractivity contribution in [2.45, 2.75) is 0 Å². The molecule has 9 heteroatoms. The molecule has 0 radical (unpaired) electrons. The molecular formula is C15H13ClN8. The van der Waals surface area contributed by atoms with Gasteiger partial charge in [0.2, 0.25) is 0 Å². The Labute approximate surface area is 142 Å². The maximum Gasteiger partial charge on any atom is 0.170 e. The van der Waals surface area contributed by atoms with Gasteiger partial charge >= 0.3 is 0 Å². The van der Waals surface area contributed by atoms with Crippen LogP contribution in [0.1, 0.15) is 0 Å². The average Bonchev–Trinajstić information content (AvgIpc) is 2.56. The third kappa shape index (κ3) is 3.23. The van der Waals surface area contributed by atoms with Gasteiger partial charge in [0.05, 0.1) is 5.02 Å². The average molecular weight is 341 g/mol. The van der Waals surface area contributed by atoms with Crippen LogP contribution in [-0.4, -0.2) is 15.0 Å². The van der Waals surface area contributed by atoms with Crippen LogP contribution in [0.2, 0.25) is 5.02 Å². The number of nitrogen functional groups attached to an aromatic ring is 3. The van der Waals surface area contributed by atoms with Crippen molar-refractivity contribution in [3.05, 3.63) is 47.7 Å². The zero-order valence-corrected chi connectivity index (χ0v) is 13.1. The van der Waals surface area contributed by atoms with Gasteiger partial charge in [-0.25, -0.2) is 9.97 Å². The van der Waals surface area contributed by atoms with Crippen molar-refractivity contribution in [3.63, 3.8) is 0 Å². The third-order valence-electron chi connectivity index (χ3n) is 3.09. The maximum absolute atomic E-state index is 6.05. The van der Waals surface area contributed by atoms with E-state index in [1.54, 1.807) is 42.7 Å². The molecule has 0 saturated carbocycles. The molecule has 1 aromatic carbocycles. The largest absolute Gasteiger partial charge is 0.399 e. The smallest absolute Gasteiger partial charge is 0.170 e. The lowest BCUT2D eigenvalue weighted by atomic mass is 10.2. The van der Waals surface area contributed by atoms with E-state index in [1.165, 1.54) is 0 Å². The number of hydrogen-bond donors (Lipinski definition) is 3. The quantitative estimate of drug-likeness (QED) is 0.493. The normalized spacial score (nSPS) is 11.0. The molecule has 2 aromatic heterocycles. The number of rotatable bonds is 3. The highest BCUT2D eigenvalue weighted by molar-refractivity contribution is 6.33. The van der Waals surface area contributed by atoms with Crippen LogP contribution in [0, 0.1) is 0 Å². The number of nitrogens with two attached hydrogens (primary N) is 3. The van der Waals surface area contributed by atoms with Crippen LogP contribution < -0.4 is 17.2 Å². The van der Waals surface area contributed by atoms with Crippen LogP contribution in [0.15, 0.2) is 53.0 Å². The van der Waals surface area contributed by atoms with E-state index in [0.29, 0.717) is 27.8 Å². The Morgan fingerprint density at radius 2 is 1.71 bits per heavy atom. The van der Waals surface area contributed by atoms with Crippen LogP contribution in [0.4, 0.5) is 28.7 Å². The fraction of sp³-hybridized carbons (Fsp3) is 0. The number of hydrogen-bond acceptors (Lipinski definition) is 8. The van der Waals surface area contributed by atoms with Crippen molar-refractivity contribution in [1.29, 1.82) is 0 Å². The van der Waals surface area contributed by atoms with E-state index in [0.717, 1.165) is 0 Å². The minimum absolute atomic E-state index is 0.108. The van der Waals surface area contributed by atoms with E-state index in [1.807, 2.05) is 0 Å². The fourth-order valence-electron chi connectivity index (χ4n) is 1.93. The van der Waals surface area contributed by atoms with Crippen LogP contribution in [-0.2, 0) is 0 Å². The van der Waals surface area contributed by atoms with Gasteiger partial charge in [-0.15, -0.1) is 10.2 Å². The highest BCUT2D eigenvalue weighted by atomic mass is 35.5. The van der Waals surface area contributed by atoms with E-state index in [2.05, 4.69) is 25.2 Å². The Morgan fingerprint density at radius 1 is 0.958 bits per heavy atom. The molecule has 0 fully saturated rings. The molecule has 0 aliphatic carbocycles. The SMILES string of the molecule is Nc1ccc(N=Nc2c(N)nc(-c3cccnc3)nc2N)c(Cl)c1. The van der Waals surface area contributed by atoms with Gasteiger partial charge < -0.3 is 17.2 Å². The molecule has 0 amide bonds. The van der Waals surface area contributed by atoms with Crippen molar-refractivity contribution >= 4 is 40.3 Å². The Morgan fingerprint density at radius 3 is 2.33 bits per heavy atom. The van der Waals surface area contributed by atoms with Crippen LogP contribution in [0.25, 0.3) is 11.4 Å². The molecule has 0 unspecified atom stereocenters. The number of azo groups is 1. The fourth-order valence-corrected chi connectivity index (χ4v) is 2.15. The van der Waals surface area contributed by atoms with Crippen molar-refractivity contribution in [2.75, 3.05) is 17.2 Å². The molecule has 0 aliphatic rings. The first-order valence-corrected chi connectivity index (χ1v) is 7.22. The first-order chi connectivity index (χ1) is 11.5. The van der Waals surface area contributed by atoms with Gasteiger partial charge in [0.15, 0.2) is 23.1 Å². The molecule has 3 aromatic rings. The molecule has 3 rings (SSSR count). The number of anilines is 3. The summed E-state index contributed by atoms with van der Waals surface area (Å²) < 4.78 is 0. The van der Waals surface area contributed by atoms with Gasteiger partial charge in [-0.3, -0.25) is 4.98 Å². The van der Waals surface area contributed by atoms with E-state index in [9.17, 15) is 0 Å². The van der Waals surface area contributed by atoms with Gasteiger partial charge in [0, 0.05) is 23.6 Å². The molecule has 0 spiro atoms. The molecule has 120 valence electrons. The molecule has 8 nitrogen and oxygen atoms in total. The zero-order chi connectivity index (χ0) is 17.1. The molecule has 0 saturated heterocycles. The monoisotopic (exact) mass is 340 g/mol. The topological polar surface area (TPSA) is 141 Å². The lowest BCUT2D eigenvalue weighted by Gasteiger charge is -2.06. The summed E-state index contributed by atoms with van der Waals surface area (Å²) in [7, 11) is 0. The van der Waals surface area contributed by atoms with E-state index < -0.39 is 0 Å². The van der Waals surface area contributed by atoms with Crippen molar-refractivity contribution in [2.24, 2.45) is 10.2 Å². The second kappa shape index (κ2) is 6.47. The van der Waals surface area contributed by atoms with Gasteiger partial charge in [0.25, 0.3) is 0 Å². The Kier molecular flexibility index (Phi) is 4.21. The van der Waals surface area contributed by atoms with Crippen molar-refractivity contribution < 1.29 is 0 Å². The second-order valence-corrected chi connectivity index (χ2v) is 5.23. The summed E-state index contributed by atoms with van der Waals surface area (Å²) in [6, 6.07) is 8.44. The summed E-state index contributed by atoms with van der Waals surface area (Å²) in [4.78, 5) is 12.4. The Hall–Kier alpha value is -3.26.